The molecule has 4 heterocycles. The Morgan fingerprint density at radius 2 is 2.00 bits per heavy atom. The number of pyridine rings is 1. The summed E-state index contributed by atoms with van der Waals surface area (Å²) in [7, 11) is 0. The molecule has 9 nitrogen and oxygen atoms in total. The fraction of sp³-hybridized carbons (Fsp3) is 0.316. The fourth-order valence-corrected chi connectivity index (χ4v) is 3.47. The number of nitrogens with two attached hydrogens (primary N) is 1. The van der Waals surface area contributed by atoms with Gasteiger partial charge in [-0.15, -0.1) is 0 Å². The first kappa shape index (κ1) is 18.4. The molecule has 30 heavy (non-hydrogen) atoms. The van der Waals surface area contributed by atoms with Gasteiger partial charge in [0.1, 0.15) is 5.82 Å². The number of anilines is 2. The molecule has 3 N–H and O–H groups in total. The van der Waals surface area contributed by atoms with E-state index in [4.69, 9.17) is 5.73 Å². The largest absolute Gasteiger partial charge is 0.368 e. The average molecular weight is 411 g/mol. The summed E-state index contributed by atoms with van der Waals surface area (Å²) in [5.41, 5.74) is 8.16. The zero-order valence-corrected chi connectivity index (χ0v) is 16.1. The number of rotatable bonds is 6. The lowest BCUT2D eigenvalue weighted by Gasteiger charge is -2.16. The van der Waals surface area contributed by atoms with Gasteiger partial charge in [-0.1, -0.05) is 0 Å². The first-order chi connectivity index (χ1) is 14.5. The number of nitrogen functional groups attached to an aromatic ring is 1. The highest BCUT2D eigenvalue weighted by atomic mass is 19.3. The fourth-order valence-electron chi connectivity index (χ4n) is 3.47. The monoisotopic (exact) mass is 411 g/mol. The van der Waals surface area contributed by atoms with Crippen LogP contribution in [0.15, 0.2) is 36.8 Å². The Kier molecular flexibility index (Phi) is 4.30. The molecule has 1 saturated carbocycles. The van der Waals surface area contributed by atoms with Crippen molar-refractivity contribution in [2.45, 2.75) is 32.4 Å². The van der Waals surface area contributed by atoms with Crippen molar-refractivity contribution in [2.75, 3.05) is 11.1 Å². The number of nitrogens with one attached hydrogen (secondary N) is 1. The van der Waals surface area contributed by atoms with Crippen LogP contribution >= 0.6 is 0 Å². The van der Waals surface area contributed by atoms with Crippen molar-refractivity contribution in [3.63, 3.8) is 0 Å². The predicted octanol–water partition coefficient (Wildman–Crippen LogP) is 3.23. The number of hydrogen-bond acceptors (Lipinski definition) is 7. The number of aromatic nitrogens is 7. The van der Waals surface area contributed by atoms with Crippen molar-refractivity contribution in [3.05, 3.63) is 48.3 Å². The highest BCUT2D eigenvalue weighted by Gasteiger charge is 2.35. The molecule has 154 valence electrons. The first-order valence-electron chi connectivity index (χ1n) is 9.53. The molecule has 5 rings (SSSR count). The van der Waals surface area contributed by atoms with Crippen molar-refractivity contribution in [3.8, 4) is 11.4 Å². The van der Waals surface area contributed by atoms with E-state index in [0.29, 0.717) is 16.2 Å². The van der Waals surface area contributed by atoms with Crippen LogP contribution in [-0.2, 0) is 0 Å². The van der Waals surface area contributed by atoms with Gasteiger partial charge in [-0.05, 0) is 43.9 Å². The molecule has 1 aliphatic rings. The Bertz CT molecular complexity index is 1210. The van der Waals surface area contributed by atoms with E-state index >= 15 is 0 Å². The lowest BCUT2D eigenvalue weighted by molar-refractivity contribution is 0.0560. The number of alkyl halides is 2. The third kappa shape index (κ3) is 3.42. The van der Waals surface area contributed by atoms with E-state index in [1.54, 1.807) is 12.3 Å². The molecule has 0 aliphatic heterocycles. The van der Waals surface area contributed by atoms with E-state index in [0.717, 1.165) is 29.7 Å². The molecule has 4 aromatic rings. The number of aryl methyl sites for hydroxylation is 1. The summed E-state index contributed by atoms with van der Waals surface area (Å²) < 4.78 is 28.4. The van der Waals surface area contributed by atoms with Crippen molar-refractivity contribution in [1.82, 2.24) is 34.1 Å². The maximum absolute atomic E-state index is 12.9. The molecule has 0 amide bonds. The van der Waals surface area contributed by atoms with Crippen LogP contribution in [0.1, 0.15) is 37.0 Å². The smallest absolute Gasteiger partial charge is 0.333 e. The van der Waals surface area contributed by atoms with Gasteiger partial charge in [0.25, 0.3) is 0 Å². The van der Waals surface area contributed by atoms with Gasteiger partial charge >= 0.3 is 6.55 Å². The number of fused-ring (bicyclic) bond motifs is 1. The maximum atomic E-state index is 12.9. The van der Waals surface area contributed by atoms with E-state index in [2.05, 4.69) is 30.4 Å². The average Bonchev–Trinajstić information content (AvgIpc) is 3.32. The van der Waals surface area contributed by atoms with Crippen LogP contribution in [0.3, 0.4) is 0 Å². The standard InChI is InChI=1S/C19H19F2N9/c1-10-23-8-13-5-4-12(9-29(10)13)16-25-18(22)27-19(26-16)24-15(11-2-3-11)14-6-7-30(28-14)17(20)21/h4-9,11,15,17H,2-3H2,1H3,(H3,22,24,25,26,27). The van der Waals surface area contributed by atoms with Crippen LogP contribution in [0.2, 0.25) is 0 Å². The Hall–Kier alpha value is -3.63. The topological polar surface area (TPSA) is 112 Å². The minimum Gasteiger partial charge on any atom is -0.368 e. The number of hydrogen-bond donors (Lipinski definition) is 2. The van der Waals surface area contributed by atoms with Crippen molar-refractivity contribution >= 4 is 17.4 Å². The lowest BCUT2D eigenvalue weighted by atomic mass is 10.1. The number of nitrogens with zero attached hydrogens (tertiary/aromatic N) is 7. The minimum absolute atomic E-state index is 0.0672. The summed E-state index contributed by atoms with van der Waals surface area (Å²) in [6, 6.07) is 5.12. The SMILES string of the molecule is Cc1ncc2ccc(-c3nc(N)nc(NC(c4ccn(C(F)F)n4)C4CC4)n3)cn12. The minimum atomic E-state index is -2.68. The van der Waals surface area contributed by atoms with Crippen molar-refractivity contribution < 1.29 is 8.78 Å². The van der Waals surface area contributed by atoms with Gasteiger partial charge in [-0.25, -0.2) is 9.67 Å². The number of imidazole rings is 1. The maximum Gasteiger partial charge on any atom is 0.333 e. The van der Waals surface area contributed by atoms with Gasteiger partial charge in [-0.2, -0.15) is 28.8 Å². The third-order valence-electron chi connectivity index (χ3n) is 5.15. The van der Waals surface area contributed by atoms with E-state index in [-0.39, 0.29) is 23.9 Å². The summed E-state index contributed by atoms with van der Waals surface area (Å²) in [5, 5.41) is 7.22. The van der Waals surface area contributed by atoms with E-state index in [1.807, 2.05) is 29.7 Å². The molecule has 0 aromatic carbocycles. The van der Waals surface area contributed by atoms with Crippen LogP contribution in [-0.4, -0.2) is 34.1 Å². The molecule has 0 radical (unpaired) electrons. The summed E-state index contributed by atoms with van der Waals surface area (Å²) >= 11 is 0. The summed E-state index contributed by atoms with van der Waals surface area (Å²) in [6.45, 7) is -0.774. The van der Waals surface area contributed by atoms with Gasteiger partial charge in [0.2, 0.25) is 11.9 Å². The Balaban J connectivity index is 1.47. The molecule has 1 aliphatic carbocycles. The first-order valence-corrected chi connectivity index (χ1v) is 9.53. The van der Waals surface area contributed by atoms with E-state index in [9.17, 15) is 8.78 Å². The second-order valence-electron chi connectivity index (χ2n) is 7.32. The molecule has 4 aromatic heterocycles. The molecule has 0 spiro atoms. The molecule has 11 heteroatoms. The molecule has 1 fully saturated rings. The zero-order chi connectivity index (χ0) is 20.8. The van der Waals surface area contributed by atoms with Crippen LogP contribution in [0, 0.1) is 12.8 Å². The van der Waals surface area contributed by atoms with Crippen molar-refractivity contribution in [2.24, 2.45) is 5.92 Å². The number of halogens is 2. The van der Waals surface area contributed by atoms with Gasteiger partial charge in [-0.3, -0.25) is 0 Å². The van der Waals surface area contributed by atoms with Crippen LogP contribution < -0.4 is 11.1 Å². The second-order valence-corrected chi connectivity index (χ2v) is 7.32. The Morgan fingerprint density at radius 3 is 2.73 bits per heavy atom. The highest BCUT2D eigenvalue weighted by molar-refractivity contribution is 5.61. The molecular weight excluding hydrogens is 392 g/mol. The van der Waals surface area contributed by atoms with Crippen LogP contribution in [0.5, 0.6) is 0 Å². The molecular formula is C19H19F2N9. The molecule has 1 atom stereocenters. The third-order valence-corrected chi connectivity index (χ3v) is 5.15. The second kappa shape index (κ2) is 7.01. The van der Waals surface area contributed by atoms with E-state index < -0.39 is 6.55 Å². The van der Waals surface area contributed by atoms with Gasteiger partial charge in [0.15, 0.2) is 5.82 Å². The van der Waals surface area contributed by atoms with Gasteiger partial charge in [0.05, 0.1) is 23.4 Å². The summed E-state index contributed by atoms with van der Waals surface area (Å²) in [5.74, 6) is 1.88. The Labute approximate surface area is 170 Å². The highest BCUT2D eigenvalue weighted by Crippen LogP contribution is 2.42. The molecule has 1 unspecified atom stereocenters. The quantitative estimate of drug-likeness (QED) is 0.501. The Morgan fingerprint density at radius 1 is 1.17 bits per heavy atom. The normalized spacial score (nSPS) is 15.1. The van der Waals surface area contributed by atoms with E-state index in [1.165, 1.54) is 6.20 Å². The van der Waals surface area contributed by atoms with Crippen LogP contribution in [0.4, 0.5) is 20.7 Å². The summed E-state index contributed by atoms with van der Waals surface area (Å²) in [4.78, 5) is 17.2. The summed E-state index contributed by atoms with van der Waals surface area (Å²) in [6.07, 6.45) is 6.89. The van der Waals surface area contributed by atoms with Gasteiger partial charge in [0, 0.05) is 18.0 Å². The molecule has 0 bridgehead atoms. The lowest BCUT2D eigenvalue weighted by Crippen LogP contribution is -2.17. The molecule has 0 saturated heterocycles. The predicted molar refractivity (Wildman–Crippen MR) is 106 cm³/mol. The van der Waals surface area contributed by atoms with Crippen LogP contribution in [0.25, 0.3) is 16.9 Å². The van der Waals surface area contributed by atoms with Crippen molar-refractivity contribution in [1.29, 1.82) is 0 Å². The van der Waals surface area contributed by atoms with Gasteiger partial charge < -0.3 is 15.5 Å². The zero-order valence-electron chi connectivity index (χ0n) is 16.1.